The molecule has 1 aromatic rings. The van der Waals surface area contributed by atoms with Crippen LogP contribution in [0.15, 0.2) is 18.2 Å². The van der Waals surface area contributed by atoms with Crippen LogP contribution in [0.5, 0.6) is 0 Å². The van der Waals surface area contributed by atoms with Gasteiger partial charge in [-0.15, -0.1) is 0 Å². The van der Waals surface area contributed by atoms with E-state index >= 15 is 0 Å². The van der Waals surface area contributed by atoms with Gasteiger partial charge in [-0.3, -0.25) is 14.4 Å². The second-order valence-electron chi connectivity index (χ2n) is 7.09. The largest absolute Gasteiger partial charge is 0.481 e. The monoisotopic (exact) mass is 368 g/mol. The number of hydrogen-bond donors (Lipinski definition) is 3. The van der Waals surface area contributed by atoms with Gasteiger partial charge in [0.15, 0.2) is 0 Å². The number of anilines is 1. The van der Waals surface area contributed by atoms with Gasteiger partial charge in [0.05, 0.1) is 10.6 Å². The summed E-state index contributed by atoms with van der Waals surface area (Å²) in [5.74, 6) is -1.34. The molecule has 0 heterocycles. The molecule has 0 fully saturated rings. The van der Waals surface area contributed by atoms with Gasteiger partial charge in [0.1, 0.15) is 0 Å². The van der Waals surface area contributed by atoms with Crippen LogP contribution in [0.25, 0.3) is 0 Å². The molecule has 25 heavy (non-hydrogen) atoms. The highest BCUT2D eigenvalue weighted by atomic mass is 35.5. The van der Waals surface area contributed by atoms with Gasteiger partial charge in [0.25, 0.3) is 5.91 Å². The summed E-state index contributed by atoms with van der Waals surface area (Å²) in [7, 11) is 0. The predicted molar refractivity (Wildman–Crippen MR) is 98.0 cm³/mol. The quantitative estimate of drug-likeness (QED) is 0.609. The zero-order valence-corrected chi connectivity index (χ0v) is 15.6. The molecule has 7 heteroatoms. The number of carbonyl (C=O) groups is 3. The zero-order valence-electron chi connectivity index (χ0n) is 14.8. The van der Waals surface area contributed by atoms with E-state index in [1.165, 1.54) is 6.07 Å². The van der Waals surface area contributed by atoms with Crippen LogP contribution >= 0.6 is 11.6 Å². The van der Waals surface area contributed by atoms with Crippen molar-refractivity contribution in [2.75, 3.05) is 11.9 Å². The number of carbonyl (C=O) groups excluding carboxylic acids is 2. The molecule has 0 radical (unpaired) electrons. The number of amides is 2. The smallest absolute Gasteiger partial charge is 0.303 e. The van der Waals surface area contributed by atoms with Crippen molar-refractivity contribution in [3.8, 4) is 0 Å². The first kappa shape index (κ1) is 21.0. The van der Waals surface area contributed by atoms with Gasteiger partial charge in [0.2, 0.25) is 5.91 Å². The number of unbranched alkanes of at least 4 members (excludes halogenated alkanes) is 1. The van der Waals surface area contributed by atoms with Crippen LogP contribution in [-0.4, -0.2) is 29.4 Å². The molecular weight excluding hydrogens is 344 g/mol. The standard InChI is InChI=1S/C18H25ClN2O4/c1-18(2,3)11-15(22)21-12-7-8-14(19)13(10-12)17(25)20-9-5-4-6-16(23)24/h7-8,10H,4-6,9,11H2,1-3H3,(H,20,25)(H,21,22)(H,23,24). The highest BCUT2D eigenvalue weighted by Gasteiger charge is 2.17. The fourth-order valence-electron chi connectivity index (χ4n) is 2.16. The maximum Gasteiger partial charge on any atom is 0.303 e. The van der Waals surface area contributed by atoms with Crippen LogP contribution in [0.4, 0.5) is 5.69 Å². The third-order valence-electron chi connectivity index (χ3n) is 3.29. The number of aliphatic carboxylic acids is 1. The van der Waals surface area contributed by atoms with Crippen molar-refractivity contribution in [1.29, 1.82) is 0 Å². The summed E-state index contributed by atoms with van der Waals surface area (Å²) >= 11 is 6.06. The van der Waals surface area contributed by atoms with Gasteiger partial charge in [-0.05, 0) is 36.5 Å². The lowest BCUT2D eigenvalue weighted by atomic mass is 9.92. The minimum atomic E-state index is -0.854. The number of hydrogen-bond acceptors (Lipinski definition) is 3. The van der Waals surface area contributed by atoms with E-state index in [-0.39, 0.29) is 34.2 Å². The Morgan fingerprint density at radius 2 is 1.84 bits per heavy atom. The maximum absolute atomic E-state index is 12.2. The molecule has 0 spiro atoms. The summed E-state index contributed by atoms with van der Waals surface area (Å²) in [6.07, 6.45) is 1.50. The number of carboxylic acids is 1. The van der Waals surface area contributed by atoms with Gasteiger partial charge in [-0.25, -0.2) is 0 Å². The van der Waals surface area contributed by atoms with Crippen molar-refractivity contribution in [2.24, 2.45) is 5.41 Å². The molecule has 0 saturated heterocycles. The summed E-state index contributed by atoms with van der Waals surface area (Å²) in [5, 5.41) is 14.3. The van der Waals surface area contributed by atoms with E-state index in [1.54, 1.807) is 12.1 Å². The van der Waals surface area contributed by atoms with E-state index < -0.39 is 5.97 Å². The molecule has 2 amide bonds. The van der Waals surface area contributed by atoms with Crippen molar-refractivity contribution in [3.05, 3.63) is 28.8 Å². The Kier molecular flexibility index (Phi) is 7.90. The highest BCUT2D eigenvalue weighted by Crippen LogP contribution is 2.23. The average molecular weight is 369 g/mol. The summed E-state index contributed by atoms with van der Waals surface area (Å²) in [6, 6.07) is 4.75. The SMILES string of the molecule is CC(C)(C)CC(=O)Nc1ccc(Cl)c(C(=O)NCCCCC(=O)O)c1. The molecule has 0 aliphatic rings. The van der Waals surface area contributed by atoms with E-state index in [9.17, 15) is 14.4 Å². The fraction of sp³-hybridized carbons (Fsp3) is 0.500. The number of nitrogens with one attached hydrogen (secondary N) is 2. The first-order valence-electron chi connectivity index (χ1n) is 8.18. The third-order valence-corrected chi connectivity index (χ3v) is 3.62. The summed E-state index contributed by atoms with van der Waals surface area (Å²) in [6.45, 7) is 6.27. The lowest BCUT2D eigenvalue weighted by Gasteiger charge is -2.17. The van der Waals surface area contributed by atoms with Gasteiger partial charge < -0.3 is 15.7 Å². The second-order valence-corrected chi connectivity index (χ2v) is 7.49. The second kappa shape index (κ2) is 9.42. The van der Waals surface area contributed by atoms with Gasteiger partial charge >= 0.3 is 5.97 Å². The molecule has 1 rings (SSSR count). The maximum atomic E-state index is 12.2. The van der Waals surface area contributed by atoms with Crippen LogP contribution in [-0.2, 0) is 9.59 Å². The molecule has 138 valence electrons. The number of benzene rings is 1. The molecule has 0 aromatic heterocycles. The van der Waals surface area contributed by atoms with Gasteiger partial charge in [-0.2, -0.15) is 0 Å². The highest BCUT2D eigenvalue weighted by molar-refractivity contribution is 6.34. The summed E-state index contributed by atoms with van der Waals surface area (Å²) in [4.78, 5) is 34.6. The van der Waals surface area contributed by atoms with Crippen LogP contribution < -0.4 is 10.6 Å². The molecule has 0 bridgehead atoms. The molecule has 0 saturated carbocycles. The Bertz CT molecular complexity index is 638. The minimum absolute atomic E-state index is 0.0753. The van der Waals surface area contributed by atoms with Crippen molar-refractivity contribution in [1.82, 2.24) is 5.32 Å². The van der Waals surface area contributed by atoms with E-state index in [0.29, 0.717) is 31.5 Å². The van der Waals surface area contributed by atoms with Crippen LogP contribution in [0.1, 0.15) is 56.8 Å². The van der Waals surface area contributed by atoms with Gasteiger partial charge in [-0.1, -0.05) is 32.4 Å². The molecule has 3 N–H and O–H groups in total. The summed E-state index contributed by atoms with van der Waals surface area (Å²) in [5.41, 5.74) is 0.648. The lowest BCUT2D eigenvalue weighted by Crippen LogP contribution is -2.25. The first-order chi connectivity index (χ1) is 11.6. The van der Waals surface area contributed by atoms with Gasteiger partial charge in [0, 0.05) is 25.1 Å². The first-order valence-corrected chi connectivity index (χ1v) is 8.56. The van der Waals surface area contributed by atoms with Crippen LogP contribution in [0.2, 0.25) is 5.02 Å². The van der Waals surface area contributed by atoms with Crippen LogP contribution in [0, 0.1) is 5.41 Å². The molecule has 0 unspecified atom stereocenters. The van der Waals surface area contributed by atoms with E-state index in [2.05, 4.69) is 10.6 Å². The molecule has 0 aliphatic carbocycles. The number of rotatable bonds is 8. The Hall–Kier alpha value is -2.08. The molecule has 0 atom stereocenters. The molecular formula is C18H25ClN2O4. The Morgan fingerprint density at radius 3 is 2.44 bits per heavy atom. The van der Waals surface area contributed by atoms with E-state index in [4.69, 9.17) is 16.7 Å². The molecule has 0 aliphatic heterocycles. The van der Waals surface area contributed by atoms with Crippen molar-refractivity contribution in [3.63, 3.8) is 0 Å². The normalized spacial score (nSPS) is 11.0. The molecule has 6 nitrogen and oxygen atoms in total. The number of carboxylic acid groups (broad SMARTS) is 1. The third kappa shape index (κ3) is 8.54. The zero-order chi connectivity index (χ0) is 19.0. The Labute approximate surface area is 152 Å². The van der Waals surface area contributed by atoms with Crippen LogP contribution in [0.3, 0.4) is 0 Å². The molecule has 1 aromatic carbocycles. The minimum Gasteiger partial charge on any atom is -0.481 e. The predicted octanol–water partition coefficient (Wildman–Crippen LogP) is 3.70. The lowest BCUT2D eigenvalue weighted by molar-refractivity contribution is -0.137. The van der Waals surface area contributed by atoms with Crippen molar-refractivity contribution < 1.29 is 19.5 Å². The Balaban J connectivity index is 2.63. The van der Waals surface area contributed by atoms with Crippen molar-refractivity contribution >= 4 is 35.1 Å². The average Bonchev–Trinajstić information content (AvgIpc) is 2.46. The summed E-state index contributed by atoms with van der Waals surface area (Å²) < 4.78 is 0. The van der Waals surface area contributed by atoms with E-state index in [1.807, 2.05) is 20.8 Å². The number of halogens is 1. The van der Waals surface area contributed by atoms with E-state index in [0.717, 1.165) is 0 Å². The van der Waals surface area contributed by atoms with Crippen molar-refractivity contribution in [2.45, 2.75) is 46.5 Å². The fourth-order valence-corrected chi connectivity index (χ4v) is 2.37. The Morgan fingerprint density at radius 1 is 1.16 bits per heavy atom. The topological polar surface area (TPSA) is 95.5 Å².